The lowest BCUT2D eigenvalue weighted by molar-refractivity contribution is -0.115. The van der Waals surface area contributed by atoms with Crippen LogP contribution in [0, 0.1) is 0 Å². The summed E-state index contributed by atoms with van der Waals surface area (Å²) in [6.07, 6.45) is 3.95. The molecule has 1 N–H and O–H groups in total. The van der Waals surface area contributed by atoms with Crippen LogP contribution in [0.25, 0.3) is 0 Å². The van der Waals surface area contributed by atoms with Gasteiger partial charge in [0.1, 0.15) is 5.75 Å². The Kier molecular flexibility index (Phi) is 7.80. The molecule has 1 unspecified atom stereocenters. The predicted molar refractivity (Wildman–Crippen MR) is 121 cm³/mol. The van der Waals surface area contributed by atoms with Gasteiger partial charge in [-0.3, -0.25) is 4.79 Å². The summed E-state index contributed by atoms with van der Waals surface area (Å²) in [5.74, 6) is 0.630. The van der Waals surface area contributed by atoms with Crippen LogP contribution in [0.2, 0.25) is 0 Å². The number of hydrogen-bond donors (Lipinski definition) is 1. The third-order valence-corrected chi connectivity index (χ3v) is 8.09. The van der Waals surface area contributed by atoms with Crippen molar-refractivity contribution in [3.8, 4) is 5.75 Å². The molecule has 2 aromatic carbocycles. The van der Waals surface area contributed by atoms with Crippen LogP contribution in [0.4, 0.5) is 5.69 Å². The number of nitrogens with one attached hydrogen (secondary N) is 1. The molecule has 0 saturated carbocycles. The van der Waals surface area contributed by atoms with Crippen molar-refractivity contribution in [2.45, 2.75) is 47.6 Å². The molecule has 1 atom stereocenters. The van der Waals surface area contributed by atoms with Gasteiger partial charge in [-0.05, 0) is 68.3 Å². The number of rotatable bonds is 7. The van der Waals surface area contributed by atoms with Crippen LogP contribution in [0.1, 0.15) is 32.6 Å². The second-order valence-corrected chi connectivity index (χ2v) is 10.6. The lowest BCUT2D eigenvalue weighted by Crippen LogP contribution is -2.31. The van der Waals surface area contributed by atoms with Gasteiger partial charge >= 0.3 is 0 Å². The number of amides is 1. The van der Waals surface area contributed by atoms with E-state index in [9.17, 15) is 13.2 Å². The highest BCUT2D eigenvalue weighted by Gasteiger charge is 2.25. The summed E-state index contributed by atoms with van der Waals surface area (Å²) >= 11 is 1.45. The molecule has 1 saturated heterocycles. The Morgan fingerprint density at radius 2 is 1.60 bits per heavy atom. The fourth-order valence-electron chi connectivity index (χ4n) is 3.30. The molecule has 1 fully saturated rings. The predicted octanol–water partition coefficient (Wildman–Crippen LogP) is 4.38. The Hall–Kier alpha value is -2.03. The van der Waals surface area contributed by atoms with Gasteiger partial charge in [0, 0.05) is 23.7 Å². The first-order chi connectivity index (χ1) is 14.4. The smallest absolute Gasteiger partial charge is 0.243 e. The number of ether oxygens (including phenoxy) is 1. The summed E-state index contributed by atoms with van der Waals surface area (Å²) < 4.78 is 32.4. The highest BCUT2D eigenvalue weighted by Crippen LogP contribution is 2.27. The average Bonchev–Trinajstić information content (AvgIpc) is 3.05. The van der Waals surface area contributed by atoms with E-state index in [1.54, 1.807) is 35.7 Å². The fraction of sp³-hybridized carbons (Fsp3) is 0.409. The molecule has 0 radical (unpaired) electrons. The lowest BCUT2D eigenvalue weighted by Gasteiger charge is -2.20. The second-order valence-electron chi connectivity index (χ2n) is 7.27. The maximum absolute atomic E-state index is 12.9. The van der Waals surface area contributed by atoms with E-state index < -0.39 is 10.0 Å². The molecule has 0 bridgehead atoms. The molecule has 30 heavy (non-hydrogen) atoms. The average molecular weight is 449 g/mol. The van der Waals surface area contributed by atoms with Gasteiger partial charge in [0.25, 0.3) is 0 Å². The largest absolute Gasteiger partial charge is 0.497 e. The standard InChI is InChI=1S/C22H28N2O4S2/c1-17(29-20-11-9-19(28-2)10-12-20)22(25)23-18-7-13-21(14-8-18)30(26,27)24-15-5-3-4-6-16-24/h7-14,17H,3-6,15-16H2,1-2H3,(H,23,25). The molecule has 1 aliphatic rings. The highest BCUT2D eigenvalue weighted by molar-refractivity contribution is 8.00. The summed E-state index contributed by atoms with van der Waals surface area (Å²) in [5.41, 5.74) is 0.581. The first-order valence-electron chi connectivity index (χ1n) is 10.1. The van der Waals surface area contributed by atoms with Gasteiger partial charge in [0.05, 0.1) is 17.3 Å². The fourth-order valence-corrected chi connectivity index (χ4v) is 5.68. The normalized spacial score (nSPS) is 16.5. The first kappa shape index (κ1) is 22.7. The van der Waals surface area contributed by atoms with Crippen molar-refractivity contribution >= 4 is 33.4 Å². The van der Waals surface area contributed by atoms with Crippen molar-refractivity contribution in [3.63, 3.8) is 0 Å². The van der Waals surface area contributed by atoms with Gasteiger partial charge in [0.15, 0.2) is 0 Å². The van der Waals surface area contributed by atoms with E-state index in [0.29, 0.717) is 18.8 Å². The summed E-state index contributed by atoms with van der Waals surface area (Å²) in [7, 11) is -1.87. The van der Waals surface area contributed by atoms with Crippen LogP contribution < -0.4 is 10.1 Å². The molecule has 3 rings (SSSR count). The summed E-state index contributed by atoms with van der Waals surface area (Å²) in [6, 6.07) is 14.0. The van der Waals surface area contributed by atoms with Gasteiger partial charge in [-0.1, -0.05) is 12.8 Å². The Morgan fingerprint density at radius 3 is 2.17 bits per heavy atom. The number of benzene rings is 2. The number of carbonyl (C=O) groups excluding carboxylic acids is 1. The van der Waals surface area contributed by atoms with Gasteiger partial charge in [-0.15, -0.1) is 11.8 Å². The summed E-state index contributed by atoms with van der Waals surface area (Å²) in [5, 5.41) is 2.55. The van der Waals surface area contributed by atoms with E-state index in [0.717, 1.165) is 36.3 Å². The zero-order chi connectivity index (χ0) is 21.6. The van der Waals surface area contributed by atoms with Crippen LogP contribution >= 0.6 is 11.8 Å². The van der Waals surface area contributed by atoms with Crippen molar-refractivity contribution in [3.05, 3.63) is 48.5 Å². The van der Waals surface area contributed by atoms with Gasteiger partial charge in [0.2, 0.25) is 15.9 Å². The van der Waals surface area contributed by atoms with Crippen molar-refractivity contribution < 1.29 is 17.9 Å². The Balaban J connectivity index is 1.60. The van der Waals surface area contributed by atoms with E-state index in [1.807, 2.05) is 31.2 Å². The van der Waals surface area contributed by atoms with Crippen LogP contribution in [-0.4, -0.2) is 44.1 Å². The van der Waals surface area contributed by atoms with E-state index >= 15 is 0 Å². The van der Waals surface area contributed by atoms with Crippen LogP contribution in [-0.2, 0) is 14.8 Å². The van der Waals surface area contributed by atoms with E-state index in [4.69, 9.17) is 4.74 Å². The first-order valence-corrected chi connectivity index (χ1v) is 12.4. The summed E-state index contributed by atoms with van der Waals surface area (Å²) in [6.45, 7) is 2.98. The maximum atomic E-state index is 12.9. The van der Waals surface area contributed by atoms with Crippen molar-refractivity contribution in [2.24, 2.45) is 0 Å². The molecule has 8 heteroatoms. The topological polar surface area (TPSA) is 75.7 Å². The van der Waals surface area contributed by atoms with Gasteiger partial charge in [-0.25, -0.2) is 8.42 Å². The SMILES string of the molecule is COc1ccc(SC(C)C(=O)Nc2ccc(S(=O)(=O)N3CCCCCC3)cc2)cc1. The third kappa shape index (κ3) is 5.77. The molecule has 0 aliphatic carbocycles. The van der Waals surface area contributed by atoms with Gasteiger partial charge in [-0.2, -0.15) is 4.31 Å². The van der Waals surface area contributed by atoms with Crippen LogP contribution in [0.3, 0.4) is 0 Å². The maximum Gasteiger partial charge on any atom is 0.243 e. The minimum atomic E-state index is -3.49. The highest BCUT2D eigenvalue weighted by atomic mass is 32.2. The molecular weight excluding hydrogens is 420 g/mol. The Labute approximate surface area is 183 Å². The molecule has 0 aromatic heterocycles. The van der Waals surface area contributed by atoms with E-state index in [2.05, 4.69) is 5.32 Å². The molecule has 0 spiro atoms. The monoisotopic (exact) mass is 448 g/mol. The number of thioether (sulfide) groups is 1. The Morgan fingerprint density at radius 1 is 1.00 bits per heavy atom. The van der Waals surface area contributed by atoms with Crippen molar-refractivity contribution in [1.29, 1.82) is 0 Å². The molecule has 1 heterocycles. The number of methoxy groups -OCH3 is 1. The molecule has 6 nitrogen and oxygen atoms in total. The number of nitrogens with zero attached hydrogens (tertiary/aromatic N) is 1. The molecule has 1 aliphatic heterocycles. The molecule has 2 aromatic rings. The number of anilines is 1. The molecule has 1 amide bonds. The minimum Gasteiger partial charge on any atom is -0.497 e. The number of sulfonamides is 1. The molecule has 162 valence electrons. The van der Waals surface area contributed by atoms with E-state index in [-0.39, 0.29) is 16.1 Å². The zero-order valence-corrected chi connectivity index (χ0v) is 19.0. The van der Waals surface area contributed by atoms with Crippen molar-refractivity contribution in [2.75, 3.05) is 25.5 Å². The van der Waals surface area contributed by atoms with Gasteiger partial charge < -0.3 is 10.1 Å². The third-order valence-electron chi connectivity index (χ3n) is 5.07. The summed E-state index contributed by atoms with van der Waals surface area (Å²) in [4.78, 5) is 13.8. The lowest BCUT2D eigenvalue weighted by atomic mass is 10.2. The van der Waals surface area contributed by atoms with E-state index in [1.165, 1.54) is 11.8 Å². The van der Waals surface area contributed by atoms with Crippen molar-refractivity contribution in [1.82, 2.24) is 4.31 Å². The second kappa shape index (κ2) is 10.3. The van der Waals surface area contributed by atoms with Crippen LogP contribution in [0.15, 0.2) is 58.3 Å². The number of carbonyl (C=O) groups is 1. The molecular formula is C22H28N2O4S2. The zero-order valence-electron chi connectivity index (χ0n) is 17.3. The quantitative estimate of drug-likeness (QED) is 0.636. The van der Waals surface area contributed by atoms with Crippen LogP contribution in [0.5, 0.6) is 5.75 Å². The Bertz CT molecular complexity index is 936. The minimum absolute atomic E-state index is 0.140. The number of hydrogen-bond acceptors (Lipinski definition) is 5.